The van der Waals surface area contributed by atoms with Gasteiger partial charge in [0.2, 0.25) is 0 Å². The molecular weight excluding hydrogens is 374 g/mol. The Kier molecular flexibility index (Phi) is 7.78. The lowest BCUT2D eigenvalue weighted by molar-refractivity contribution is 0.0466. The molecule has 30 heavy (non-hydrogen) atoms. The van der Waals surface area contributed by atoms with E-state index in [0.29, 0.717) is 24.2 Å². The van der Waals surface area contributed by atoms with Crippen LogP contribution in [0.4, 0.5) is 0 Å². The van der Waals surface area contributed by atoms with Crippen molar-refractivity contribution in [3.8, 4) is 0 Å². The van der Waals surface area contributed by atoms with Crippen molar-refractivity contribution >= 4 is 11.9 Å². The summed E-state index contributed by atoms with van der Waals surface area (Å²) in [6, 6.07) is 26.3. The first kappa shape index (κ1) is 21.3. The second-order valence-electron chi connectivity index (χ2n) is 7.17. The van der Waals surface area contributed by atoms with Crippen LogP contribution in [0.1, 0.15) is 51.6 Å². The lowest BCUT2D eigenvalue weighted by Gasteiger charge is -2.24. The van der Waals surface area contributed by atoms with Crippen LogP contribution in [-0.4, -0.2) is 23.3 Å². The van der Waals surface area contributed by atoms with Crippen LogP contribution < -0.4 is 0 Å². The highest BCUT2D eigenvalue weighted by Gasteiger charge is 2.22. The van der Waals surface area contributed by atoms with Crippen LogP contribution in [-0.2, 0) is 17.9 Å². The van der Waals surface area contributed by atoms with Crippen LogP contribution in [0.3, 0.4) is 0 Å². The van der Waals surface area contributed by atoms with E-state index in [1.807, 2.05) is 65.6 Å². The van der Waals surface area contributed by atoms with Crippen molar-refractivity contribution in [3.63, 3.8) is 0 Å². The quantitative estimate of drug-likeness (QED) is 0.446. The molecule has 3 rings (SSSR count). The molecular formula is C26H27NO3. The molecule has 4 heteroatoms. The topological polar surface area (TPSA) is 46.6 Å². The van der Waals surface area contributed by atoms with Crippen LogP contribution in [0.25, 0.3) is 0 Å². The van der Waals surface area contributed by atoms with Crippen molar-refractivity contribution in [1.29, 1.82) is 0 Å². The van der Waals surface area contributed by atoms with Gasteiger partial charge in [-0.25, -0.2) is 4.79 Å². The van der Waals surface area contributed by atoms with E-state index in [2.05, 4.69) is 6.92 Å². The highest BCUT2D eigenvalue weighted by Crippen LogP contribution is 2.17. The highest BCUT2D eigenvalue weighted by molar-refractivity contribution is 6.05. The second-order valence-corrected chi connectivity index (χ2v) is 7.17. The van der Waals surface area contributed by atoms with Crippen molar-refractivity contribution in [2.75, 3.05) is 6.54 Å². The van der Waals surface area contributed by atoms with Gasteiger partial charge in [-0.2, -0.15) is 0 Å². The predicted molar refractivity (Wildman–Crippen MR) is 118 cm³/mol. The number of carbonyl (C=O) groups is 2. The minimum atomic E-state index is -0.488. The smallest absolute Gasteiger partial charge is 0.339 e. The molecule has 0 N–H and O–H groups in total. The van der Waals surface area contributed by atoms with Gasteiger partial charge in [-0.3, -0.25) is 4.79 Å². The first-order valence-corrected chi connectivity index (χ1v) is 10.3. The zero-order valence-corrected chi connectivity index (χ0v) is 17.3. The van der Waals surface area contributed by atoms with Crippen molar-refractivity contribution in [3.05, 3.63) is 107 Å². The molecule has 0 unspecified atom stereocenters. The summed E-state index contributed by atoms with van der Waals surface area (Å²) in [5, 5.41) is 0. The summed E-state index contributed by atoms with van der Waals surface area (Å²) < 4.78 is 5.47. The van der Waals surface area contributed by atoms with Gasteiger partial charge in [0.1, 0.15) is 6.61 Å². The molecule has 0 aliphatic carbocycles. The van der Waals surface area contributed by atoms with Gasteiger partial charge in [0, 0.05) is 13.1 Å². The molecule has 0 aromatic heterocycles. The van der Waals surface area contributed by atoms with Crippen LogP contribution in [0.2, 0.25) is 0 Å². The summed E-state index contributed by atoms with van der Waals surface area (Å²) in [7, 11) is 0. The Morgan fingerprint density at radius 2 is 1.33 bits per heavy atom. The molecule has 3 aromatic carbocycles. The first-order valence-electron chi connectivity index (χ1n) is 10.3. The molecule has 0 fully saturated rings. The number of ether oxygens (including phenoxy) is 1. The molecule has 4 nitrogen and oxygen atoms in total. The maximum atomic E-state index is 13.4. The van der Waals surface area contributed by atoms with Crippen molar-refractivity contribution in [2.45, 2.75) is 32.9 Å². The number of hydrogen-bond donors (Lipinski definition) is 0. The number of hydrogen-bond acceptors (Lipinski definition) is 3. The number of rotatable bonds is 9. The molecule has 0 heterocycles. The number of nitrogens with zero attached hydrogens (tertiary/aromatic N) is 1. The zero-order valence-electron chi connectivity index (χ0n) is 17.3. The van der Waals surface area contributed by atoms with E-state index >= 15 is 0 Å². The highest BCUT2D eigenvalue weighted by atomic mass is 16.5. The lowest BCUT2D eigenvalue weighted by Crippen LogP contribution is -2.32. The van der Waals surface area contributed by atoms with Crippen molar-refractivity contribution < 1.29 is 14.3 Å². The standard InChI is InChI=1S/C26H27NO3/c1-2-3-18-27(19-21-12-6-4-7-13-21)25(28)23-16-10-11-17-24(23)26(29)30-20-22-14-8-5-9-15-22/h4-17H,2-3,18-20H2,1H3. The van der Waals surface area contributed by atoms with Gasteiger partial charge in [-0.1, -0.05) is 86.1 Å². The third-order valence-corrected chi connectivity index (χ3v) is 4.88. The Labute approximate surface area is 178 Å². The third kappa shape index (κ3) is 5.80. The van der Waals surface area contributed by atoms with E-state index in [9.17, 15) is 9.59 Å². The maximum absolute atomic E-state index is 13.4. The second kappa shape index (κ2) is 11.0. The van der Waals surface area contributed by atoms with Gasteiger partial charge < -0.3 is 9.64 Å². The molecule has 0 aliphatic heterocycles. The molecule has 0 bridgehead atoms. The van der Waals surface area contributed by atoms with Crippen molar-refractivity contribution in [1.82, 2.24) is 4.90 Å². The summed E-state index contributed by atoms with van der Waals surface area (Å²) in [5.41, 5.74) is 2.64. The van der Waals surface area contributed by atoms with Gasteiger partial charge in [0.25, 0.3) is 5.91 Å². The van der Waals surface area contributed by atoms with E-state index in [1.54, 1.807) is 24.3 Å². The Bertz CT molecular complexity index is 954. The van der Waals surface area contributed by atoms with E-state index in [-0.39, 0.29) is 12.5 Å². The van der Waals surface area contributed by atoms with Crippen molar-refractivity contribution in [2.24, 2.45) is 0 Å². The molecule has 1 amide bonds. The van der Waals surface area contributed by atoms with Crippen LogP contribution in [0.15, 0.2) is 84.9 Å². The summed E-state index contributed by atoms with van der Waals surface area (Å²) in [4.78, 5) is 27.9. The zero-order chi connectivity index (χ0) is 21.2. The summed E-state index contributed by atoms with van der Waals surface area (Å²) >= 11 is 0. The average molecular weight is 402 g/mol. The molecule has 0 aliphatic rings. The van der Waals surface area contributed by atoms with Crippen LogP contribution in [0, 0.1) is 0 Å². The van der Waals surface area contributed by atoms with E-state index in [4.69, 9.17) is 4.74 Å². The molecule has 0 saturated carbocycles. The Morgan fingerprint density at radius 3 is 1.97 bits per heavy atom. The lowest BCUT2D eigenvalue weighted by atomic mass is 10.1. The normalized spacial score (nSPS) is 10.4. The minimum absolute atomic E-state index is 0.153. The SMILES string of the molecule is CCCCN(Cc1ccccc1)C(=O)c1ccccc1C(=O)OCc1ccccc1. The molecule has 0 saturated heterocycles. The molecule has 3 aromatic rings. The van der Waals surface area contributed by atoms with Gasteiger partial charge in [0.05, 0.1) is 11.1 Å². The number of esters is 1. The first-order chi connectivity index (χ1) is 14.7. The third-order valence-electron chi connectivity index (χ3n) is 4.88. The fraction of sp³-hybridized carbons (Fsp3) is 0.231. The maximum Gasteiger partial charge on any atom is 0.339 e. The summed E-state index contributed by atoms with van der Waals surface area (Å²) in [6.07, 6.45) is 1.89. The van der Waals surface area contributed by atoms with Gasteiger partial charge >= 0.3 is 5.97 Å². The number of unbranched alkanes of at least 4 members (excludes halogenated alkanes) is 1. The van der Waals surface area contributed by atoms with E-state index < -0.39 is 5.97 Å². The summed E-state index contributed by atoms with van der Waals surface area (Å²) in [6.45, 7) is 3.41. The van der Waals surface area contributed by atoms with Crippen LogP contribution in [0.5, 0.6) is 0 Å². The number of carbonyl (C=O) groups excluding carboxylic acids is 2. The summed E-state index contributed by atoms with van der Waals surface area (Å²) in [5.74, 6) is -0.641. The van der Waals surface area contributed by atoms with Gasteiger partial charge in [0.15, 0.2) is 0 Å². The largest absolute Gasteiger partial charge is 0.457 e. The van der Waals surface area contributed by atoms with Gasteiger partial charge in [-0.15, -0.1) is 0 Å². The van der Waals surface area contributed by atoms with Gasteiger partial charge in [-0.05, 0) is 29.7 Å². The average Bonchev–Trinajstić information content (AvgIpc) is 2.81. The fourth-order valence-electron chi connectivity index (χ4n) is 3.22. The Morgan fingerprint density at radius 1 is 0.767 bits per heavy atom. The minimum Gasteiger partial charge on any atom is -0.457 e. The molecule has 0 atom stereocenters. The Balaban J connectivity index is 1.78. The predicted octanol–water partition coefficient (Wildman–Crippen LogP) is 5.49. The van der Waals surface area contributed by atoms with E-state index in [1.165, 1.54) is 0 Å². The fourth-order valence-corrected chi connectivity index (χ4v) is 3.22. The number of benzene rings is 3. The molecule has 0 radical (unpaired) electrons. The molecule has 0 spiro atoms. The van der Waals surface area contributed by atoms with E-state index in [0.717, 1.165) is 24.0 Å². The monoisotopic (exact) mass is 401 g/mol. The molecule has 154 valence electrons. The van der Waals surface area contributed by atoms with Crippen LogP contribution >= 0.6 is 0 Å². The Hall–Kier alpha value is -3.40. The number of amides is 1.